The van der Waals surface area contributed by atoms with E-state index in [-0.39, 0.29) is 16.9 Å². The minimum absolute atomic E-state index is 0.0898. The molecule has 4 nitrogen and oxygen atoms in total. The SMILES string of the molecule is CSc1nc(C)c(CCC(=O)NC(C)(C)CC(C)(C)C)c(C)n1. The van der Waals surface area contributed by atoms with Crippen molar-refractivity contribution in [1.29, 1.82) is 0 Å². The van der Waals surface area contributed by atoms with Crippen LogP contribution >= 0.6 is 11.8 Å². The first-order valence-corrected chi connectivity index (χ1v) is 9.35. The molecule has 1 aromatic heterocycles. The summed E-state index contributed by atoms with van der Waals surface area (Å²) in [5.41, 5.74) is 3.03. The number of carbonyl (C=O) groups is 1. The molecule has 0 aliphatic carbocycles. The Balaban J connectivity index is 2.67. The molecule has 1 N–H and O–H groups in total. The molecular formula is C18H31N3OS. The lowest BCUT2D eigenvalue weighted by molar-refractivity contribution is -0.122. The maximum Gasteiger partial charge on any atom is 0.220 e. The Hall–Kier alpha value is -1.10. The first kappa shape index (κ1) is 19.9. The second kappa shape index (κ2) is 7.65. The fraction of sp³-hybridized carbons (Fsp3) is 0.722. The van der Waals surface area contributed by atoms with Crippen LogP contribution in [0.4, 0.5) is 0 Å². The molecule has 1 rings (SSSR count). The molecule has 23 heavy (non-hydrogen) atoms. The van der Waals surface area contributed by atoms with Crippen LogP contribution in [-0.4, -0.2) is 27.7 Å². The van der Waals surface area contributed by atoms with Crippen LogP contribution in [0.15, 0.2) is 5.16 Å². The number of nitrogens with one attached hydrogen (secondary N) is 1. The Morgan fingerprint density at radius 2 is 1.61 bits per heavy atom. The molecule has 130 valence electrons. The van der Waals surface area contributed by atoms with Crippen LogP contribution in [0.2, 0.25) is 0 Å². The van der Waals surface area contributed by atoms with Crippen LogP contribution in [0.5, 0.6) is 0 Å². The van der Waals surface area contributed by atoms with E-state index in [0.29, 0.717) is 12.8 Å². The zero-order chi connectivity index (χ0) is 17.8. The van der Waals surface area contributed by atoms with Crippen molar-refractivity contribution in [3.05, 3.63) is 17.0 Å². The summed E-state index contributed by atoms with van der Waals surface area (Å²) in [5.74, 6) is 0.0898. The van der Waals surface area contributed by atoms with Gasteiger partial charge in [-0.1, -0.05) is 32.5 Å². The smallest absolute Gasteiger partial charge is 0.220 e. The fourth-order valence-corrected chi connectivity index (χ4v) is 3.67. The van der Waals surface area contributed by atoms with E-state index in [1.807, 2.05) is 20.1 Å². The summed E-state index contributed by atoms with van der Waals surface area (Å²) in [5, 5.41) is 3.95. The van der Waals surface area contributed by atoms with Gasteiger partial charge in [0.2, 0.25) is 5.91 Å². The van der Waals surface area contributed by atoms with Crippen LogP contribution < -0.4 is 5.32 Å². The minimum Gasteiger partial charge on any atom is -0.351 e. The summed E-state index contributed by atoms with van der Waals surface area (Å²) in [6.45, 7) is 14.7. The van der Waals surface area contributed by atoms with Gasteiger partial charge in [-0.2, -0.15) is 0 Å². The number of aromatic nitrogens is 2. The molecule has 0 spiro atoms. The first-order valence-electron chi connectivity index (χ1n) is 8.13. The number of hydrogen-bond acceptors (Lipinski definition) is 4. The van der Waals surface area contributed by atoms with Crippen LogP contribution in [0, 0.1) is 19.3 Å². The van der Waals surface area contributed by atoms with Crippen LogP contribution in [0.25, 0.3) is 0 Å². The Morgan fingerprint density at radius 3 is 2.04 bits per heavy atom. The Morgan fingerprint density at radius 1 is 1.09 bits per heavy atom. The second-order valence-corrected chi connectivity index (χ2v) is 8.80. The normalized spacial score (nSPS) is 12.3. The van der Waals surface area contributed by atoms with E-state index in [9.17, 15) is 4.79 Å². The highest BCUT2D eigenvalue weighted by Gasteiger charge is 2.26. The van der Waals surface area contributed by atoms with Gasteiger partial charge in [-0.25, -0.2) is 9.97 Å². The maximum atomic E-state index is 12.3. The fourth-order valence-electron chi connectivity index (χ4n) is 3.21. The Bertz CT molecular complexity index is 539. The molecule has 1 amide bonds. The third-order valence-electron chi connectivity index (χ3n) is 3.63. The average Bonchev–Trinajstić information content (AvgIpc) is 2.33. The van der Waals surface area contributed by atoms with Crippen molar-refractivity contribution in [3.8, 4) is 0 Å². The van der Waals surface area contributed by atoms with Gasteiger partial charge < -0.3 is 5.32 Å². The quantitative estimate of drug-likeness (QED) is 0.628. The maximum absolute atomic E-state index is 12.3. The van der Waals surface area contributed by atoms with Gasteiger partial charge in [0.1, 0.15) is 0 Å². The lowest BCUT2D eigenvalue weighted by Gasteiger charge is -2.33. The highest BCUT2D eigenvalue weighted by molar-refractivity contribution is 7.98. The van der Waals surface area contributed by atoms with Gasteiger partial charge in [0, 0.05) is 23.3 Å². The summed E-state index contributed by atoms with van der Waals surface area (Å²) in [4.78, 5) is 21.3. The standard InChI is InChI=1S/C18H31N3OS/c1-12-14(13(2)20-16(19-12)23-8)9-10-15(22)21-18(6,7)11-17(3,4)5/h9-11H2,1-8H3,(H,21,22). The molecule has 5 heteroatoms. The largest absolute Gasteiger partial charge is 0.351 e. The topological polar surface area (TPSA) is 54.9 Å². The summed E-state index contributed by atoms with van der Waals surface area (Å²) in [6.07, 6.45) is 4.06. The minimum atomic E-state index is -0.196. The molecule has 0 aliphatic rings. The molecule has 0 bridgehead atoms. The number of hydrogen-bond donors (Lipinski definition) is 1. The number of carbonyl (C=O) groups excluding carboxylic acids is 1. The van der Waals surface area contributed by atoms with Gasteiger partial charge in [-0.3, -0.25) is 4.79 Å². The van der Waals surface area contributed by atoms with E-state index >= 15 is 0 Å². The molecule has 0 unspecified atom stereocenters. The Labute approximate surface area is 145 Å². The van der Waals surface area contributed by atoms with Crippen molar-refractivity contribution in [1.82, 2.24) is 15.3 Å². The molecule has 0 saturated carbocycles. The van der Waals surface area contributed by atoms with Crippen LogP contribution in [0.1, 0.15) is 64.4 Å². The third kappa shape index (κ3) is 6.90. The summed E-state index contributed by atoms with van der Waals surface area (Å²) >= 11 is 1.54. The zero-order valence-corrected chi connectivity index (χ0v) is 16.6. The van der Waals surface area contributed by atoms with E-state index in [4.69, 9.17) is 0 Å². The number of nitrogens with zero attached hydrogens (tertiary/aromatic N) is 2. The van der Waals surface area contributed by atoms with Crippen LogP contribution in [0.3, 0.4) is 0 Å². The number of amides is 1. The summed E-state index contributed by atoms with van der Waals surface area (Å²) in [7, 11) is 0. The van der Waals surface area contributed by atoms with E-state index in [2.05, 4.69) is 49.9 Å². The van der Waals surface area contributed by atoms with Crippen LogP contribution in [-0.2, 0) is 11.2 Å². The van der Waals surface area contributed by atoms with Gasteiger partial charge in [0.15, 0.2) is 5.16 Å². The summed E-state index contributed by atoms with van der Waals surface area (Å²) < 4.78 is 0. The van der Waals surface area contributed by atoms with Gasteiger partial charge in [0.05, 0.1) is 0 Å². The molecule has 0 radical (unpaired) electrons. The average molecular weight is 338 g/mol. The van der Waals surface area contributed by atoms with Crippen molar-refractivity contribution in [2.45, 2.75) is 78.4 Å². The second-order valence-electron chi connectivity index (χ2n) is 8.03. The molecule has 1 aromatic rings. The molecule has 0 aromatic carbocycles. The van der Waals surface area contributed by atoms with E-state index in [1.165, 1.54) is 0 Å². The summed E-state index contributed by atoms with van der Waals surface area (Å²) in [6, 6.07) is 0. The first-order chi connectivity index (χ1) is 10.4. The lowest BCUT2D eigenvalue weighted by atomic mass is 9.81. The van der Waals surface area contributed by atoms with E-state index < -0.39 is 0 Å². The van der Waals surface area contributed by atoms with Gasteiger partial charge in [-0.15, -0.1) is 0 Å². The van der Waals surface area contributed by atoms with E-state index in [1.54, 1.807) is 11.8 Å². The number of thioether (sulfide) groups is 1. The molecule has 0 fully saturated rings. The van der Waals surface area contributed by atoms with Crippen molar-refractivity contribution in [3.63, 3.8) is 0 Å². The number of rotatable bonds is 6. The third-order valence-corrected chi connectivity index (χ3v) is 4.18. The van der Waals surface area contributed by atoms with Crippen molar-refractivity contribution >= 4 is 17.7 Å². The monoisotopic (exact) mass is 337 g/mol. The van der Waals surface area contributed by atoms with Gasteiger partial charge in [0.25, 0.3) is 0 Å². The molecular weight excluding hydrogens is 306 g/mol. The molecule has 0 saturated heterocycles. The van der Waals surface area contributed by atoms with Gasteiger partial charge >= 0.3 is 0 Å². The van der Waals surface area contributed by atoms with E-state index in [0.717, 1.165) is 28.5 Å². The van der Waals surface area contributed by atoms with Crippen molar-refractivity contribution in [2.24, 2.45) is 5.41 Å². The molecule has 0 atom stereocenters. The van der Waals surface area contributed by atoms with Crippen molar-refractivity contribution < 1.29 is 4.79 Å². The zero-order valence-electron chi connectivity index (χ0n) is 15.8. The predicted molar refractivity (Wildman–Crippen MR) is 97.9 cm³/mol. The van der Waals surface area contributed by atoms with Crippen molar-refractivity contribution in [2.75, 3.05) is 6.26 Å². The highest BCUT2D eigenvalue weighted by atomic mass is 32.2. The highest BCUT2D eigenvalue weighted by Crippen LogP contribution is 2.27. The Kier molecular flexibility index (Phi) is 6.63. The molecule has 1 heterocycles. The predicted octanol–water partition coefficient (Wildman–Crippen LogP) is 4.08. The van der Waals surface area contributed by atoms with Gasteiger partial charge in [-0.05, 0) is 57.8 Å². The number of aryl methyl sites for hydroxylation is 2. The lowest BCUT2D eigenvalue weighted by Crippen LogP contribution is -2.45. The molecule has 0 aliphatic heterocycles.